The van der Waals surface area contributed by atoms with Crippen LogP contribution in [-0.4, -0.2) is 71.9 Å². The number of amides is 1. The van der Waals surface area contributed by atoms with E-state index in [1.54, 1.807) is 6.07 Å². The number of likely N-dealkylation sites (tertiary alicyclic amines) is 2. The van der Waals surface area contributed by atoms with Crippen LogP contribution in [0.3, 0.4) is 0 Å². The van der Waals surface area contributed by atoms with Crippen LogP contribution in [0.1, 0.15) is 41.7 Å². The number of nitrogens with zero attached hydrogens (tertiary/aromatic N) is 3. The van der Waals surface area contributed by atoms with Crippen LogP contribution in [0.25, 0.3) is 0 Å². The molecule has 2 aliphatic heterocycles. The number of aromatic nitrogens is 1. The molecule has 1 atom stereocenters. The van der Waals surface area contributed by atoms with E-state index in [2.05, 4.69) is 20.1 Å². The highest BCUT2D eigenvalue weighted by molar-refractivity contribution is 6.04. The minimum Gasteiger partial charge on any atom is -0.375 e. The Morgan fingerprint density at radius 1 is 0.972 bits per heavy atom. The molecule has 194 valence electrons. The fourth-order valence-corrected chi connectivity index (χ4v) is 5.20. The monoisotopic (exact) mass is 504 g/mol. The molecule has 1 unspecified atom stereocenters. The molecule has 0 bridgehead atoms. The predicted molar refractivity (Wildman–Crippen MR) is 128 cm³/mol. The minimum atomic E-state index is -1.87. The average Bonchev–Trinajstić information content (AvgIpc) is 2.83. The van der Waals surface area contributed by atoms with Crippen molar-refractivity contribution in [2.24, 2.45) is 11.8 Å². The molecule has 1 aromatic heterocycles. The largest absolute Gasteiger partial charge is 0.375 e. The third-order valence-electron chi connectivity index (χ3n) is 7.39. The number of piperidine rings is 2. The van der Waals surface area contributed by atoms with E-state index in [4.69, 9.17) is 0 Å². The number of benzene rings is 1. The Hall–Kier alpha value is -2.82. The maximum Gasteiger partial charge on any atom is 0.262 e. The molecule has 2 fully saturated rings. The number of carbonyl (C=O) groups excluding carboxylic acids is 2. The molecule has 10 heteroatoms. The summed E-state index contributed by atoms with van der Waals surface area (Å²) in [6, 6.07) is 5.30. The van der Waals surface area contributed by atoms with E-state index >= 15 is 0 Å². The second-order valence-corrected chi connectivity index (χ2v) is 9.89. The summed E-state index contributed by atoms with van der Waals surface area (Å²) in [7, 11) is 3.97. The molecular weight excluding hydrogens is 473 g/mol. The number of ketones is 1. The quantitative estimate of drug-likeness (QED) is 0.629. The summed E-state index contributed by atoms with van der Waals surface area (Å²) >= 11 is 0. The highest BCUT2D eigenvalue weighted by Gasteiger charge is 2.49. The van der Waals surface area contributed by atoms with Crippen LogP contribution in [0, 0.1) is 29.3 Å². The van der Waals surface area contributed by atoms with Crippen LogP contribution in [-0.2, 0) is 10.4 Å². The van der Waals surface area contributed by atoms with Crippen molar-refractivity contribution in [3.63, 3.8) is 0 Å². The van der Waals surface area contributed by atoms with Gasteiger partial charge in [-0.3, -0.25) is 9.59 Å². The van der Waals surface area contributed by atoms with Gasteiger partial charge in [0.25, 0.3) is 5.91 Å². The van der Waals surface area contributed by atoms with Crippen LogP contribution >= 0.6 is 0 Å². The molecule has 0 aliphatic carbocycles. The number of nitrogens with one attached hydrogen (secondary N) is 1. The fraction of sp³-hybridized carbons (Fsp3) is 0.500. The molecule has 4 rings (SSSR count). The van der Waals surface area contributed by atoms with Crippen molar-refractivity contribution in [1.29, 1.82) is 0 Å². The van der Waals surface area contributed by atoms with E-state index in [9.17, 15) is 27.9 Å². The van der Waals surface area contributed by atoms with Gasteiger partial charge in [0, 0.05) is 24.0 Å². The van der Waals surface area contributed by atoms with Gasteiger partial charge < -0.3 is 20.2 Å². The van der Waals surface area contributed by atoms with Gasteiger partial charge in [0.15, 0.2) is 11.4 Å². The summed E-state index contributed by atoms with van der Waals surface area (Å²) in [5, 5.41) is 14.4. The van der Waals surface area contributed by atoms with E-state index in [0.29, 0.717) is 50.9 Å². The number of rotatable bonds is 6. The first-order chi connectivity index (χ1) is 17.1. The number of anilines is 1. The van der Waals surface area contributed by atoms with Crippen LogP contribution in [0.2, 0.25) is 0 Å². The Morgan fingerprint density at radius 2 is 1.53 bits per heavy atom. The standard InChI is InChI=1S/C26H31F3N4O3/c1-32-10-6-16(7-11-32)24(34)26(36,17-8-12-33(2)13-9-17)21-4-3-5-22(30-21)31-25(35)23-19(28)14-18(27)15-20(23)29/h3-5,14-17,36H,6-13H2,1-2H3,(H,30,31,35). The van der Waals surface area contributed by atoms with Gasteiger partial charge in [-0.25, -0.2) is 18.2 Å². The van der Waals surface area contributed by atoms with Gasteiger partial charge in [-0.1, -0.05) is 6.07 Å². The fourth-order valence-electron chi connectivity index (χ4n) is 5.20. The van der Waals surface area contributed by atoms with Gasteiger partial charge in [0.05, 0.1) is 5.69 Å². The molecule has 0 saturated carbocycles. The SMILES string of the molecule is CN1CCC(C(=O)C(O)(c2cccc(NC(=O)c3c(F)cc(F)cc3F)n2)C2CCN(C)CC2)CC1. The Morgan fingerprint density at radius 3 is 2.11 bits per heavy atom. The summed E-state index contributed by atoms with van der Waals surface area (Å²) in [4.78, 5) is 35.1. The first kappa shape index (κ1) is 26.2. The zero-order valence-electron chi connectivity index (χ0n) is 20.4. The number of hydrogen-bond donors (Lipinski definition) is 2. The first-order valence-corrected chi connectivity index (χ1v) is 12.2. The molecule has 7 nitrogen and oxygen atoms in total. The van der Waals surface area contributed by atoms with Crippen molar-refractivity contribution in [2.45, 2.75) is 31.3 Å². The van der Waals surface area contributed by atoms with Crippen molar-refractivity contribution in [2.75, 3.05) is 45.6 Å². The summed E-state index contributed by atoms with van der Waals surface area (Å²) in [5.74, 6) is -6.04. The highest BCUT2D eigenvalue weighted by Crippen LogP contribution is 2.40. The molecule has 2 aromatic rings. The van der Waals surface area contributed by atoms with Gasteiger partial charge >= 0.3 is 0 Å². The smallest absolute Gasteiger partial charge is 0.262 e. The second-order valence-electron chi connectivity index (χ2n) is 9.89. The number of aliphatic hydroxyl groups is 1. The Labute approximate surface area is 208 Å². The molecule has 3 heterocycles. The molecular formula is C26H31F3N4O3. The molecule has 1 aromatic carbocycles. The van der Waals surface area contributed by atoms with Crippen molar-refractivity contribution < 1.29 is 27.9 Å². The first-order valence-electron chi connectivity index (χ1n) is 12.2. The maximum absolute atomic E-state index is 14.1. The molecule has 0 radical (unpaired) electrons. The summed E-state index contributed by atoms with van der Waals surface area (Å²) < 4.78 is 41.4. The Bertz CT molecular complexity index is 1110. The number of halogens is 3. The number of carbonyl (C=O) groups is 2. The number of hydrogen-bond acceptors (Lipinski definition) is 6. The van der Waals surface area contributed by atoms with Gasteiger partial charge in [0.2, 0.25) is 0 Å². The Balaban J connectivity index is 1.65. The summed E-state index contributed by atoms with van der Waals surface area (Å²) in [6.07, 6.45) is 2.44. The van der Waals surface area contributed by atoms with E-state index in [0.717, 1.165) is 13.1 Å². The topological polar surface area (TPSA) is 85.8 Å². The van der Waals surface area contributed by atoms with Crippen LogP contribution in [0.5, 0.6) is 0 Å². The van der Waals surface area contributed by atoms with Crippen molar-refractivity contribution in [3.8, 4) is 0 Å². The minimum absolute atomic E-state index is 0.0804. The van der Waals surface area contributed by atoms with E-state index < -0.39 is 34.5 Å². The van der Waals surface area contributed by atoms with Gasteiger partial charge in [0.1, 0.15) is 28.8 Å². The maximum atomic E-state index is 14.1. The zero-order valence-corrected chi connectivity index (χ0v) is 20.4. The van der Waals surface area contributed by atoms with Crippen LogP contribution in [0.15, 0.2) is 30.3 Å². The molecule has 2 saturated heterocycles. The summed E-state index contributed by atoms with van der Waals surface area (Å²) in [5.41, 5.74) is -2.72. The van der Waals surface area contributed by atoms with Crippen molar-refractivity contribution >= 4 is 17.5 Å². The third kappa shape index (κ3) is 5.30. The average molecular weight is 505 g/mol. The molecule has 1 amide bonds. The number of pyridine rings is 1. The lowest BCUT2D eigenvalue weighted by molar-refractivity contribution is -0.154. The third-order valence-corrected chi connectivity index (χ3v) is 7.39. The number of Topliss-reactive ketones (excluding diaryl/α,β-unsaturated/α-hetero) is 1. The molecule has 0 spiro atoms. The normalized spacial score (nSPS) is 20.2. The summed E-state index contributed by atoms with van der Waals surface area (Å²) in [6.45, 7) is 2.93. The van der Waals surface area contributed by atoms with Gasteiger partial charge in [-0.05, 0) is 78.1 Å². The molecule has 36 heavy (non-hydrogen) atoms. The van der Waals surface area contributed by atoms with Crippen LogP contribution in [0.4, 0.5) is 19.0 Å². The molecule has 2 aliphatic rings. The van der Waals surface area contributed by atoms with Gasteiger partial charge in [-0.2, -0.15) is 0 Å². The Kier molecular flexibility index (Phi) is 7.77. The highest BCUT2D eigenvalue weighted by atomic mass is 19.1. The lowest BCUT2D eigenvalue weighted by atomic mass is 9.70. The van der Waals surface area contributed by atoms with Crippen molar-refractivity contribution in [1.82, 2.24) is 14.8 Å². The van der Waals surface area contributed by atoms with Crippen molar-refractivity contribution in [3.05, 3.63) is 59.0 Å². The zero-order chi connectivity index (χ0) is 26.0. The van der Waals surface area contributed by atoms with E-state index in [-0.39, 0.29) is 29.1 Å². The predicted octanol–water partition coefficient (Wildman–Crippen LogP) is 3.19. The van der Waals surface area contributed by atoms with Gasteiger partial charge in [-0.15, -0.1) is 0 Å². The van der Waals surface area contributed by atoms with Crippen LogP contribution < -0.4 is 5.32 Å². The lowest BCUT2D eigenvalue weighted by Gasteiger charge is -2.42. The second kappa shape index (κ2) is 10.7. The lowest BCUT2D eigenvalue weighted by Crippen LogP contribution is -2.51. The van der Waals surface area contributed by atoms with E-state index in [1.807, 2.05) is 14.1 Å². The molecule has 2 N–H and O–H groups in total. The van der Waals surface area contributed by atoms with E-state index in [1.165, 1.54) is 12.1 Å².